The Morgan fingerprint density at radius 3 is 3.18 bits per heavy atom. The van der Waals surface area contributed by atoms with E-state index in [1.165, 1.54) is 6.08 Å². The highest BCUT2D eigenvalue weighted by Crippen LogP contribution is 2.00. The molecule has 1 rings (SSSR count). The smallest absolute Gasteiger partial charge is 0.330 e. The summed E-state index contributed by atoms with van der Waals surface area (Å²) >= 11 is 0. The van der Waals surface area contributed by atoms with Gasteiger partial charge in [0.25, 0.3) is 0 Å². The minimum absolute atomic E-state index is 0.603. The van der Waals surface area contributed by atoms with Crippen molar-refractivity contribution < 1.29 is 14.6 Å². The predicted octanol–water partition coefficient (Wildman–Crippen LogP) is -0.0352. The van der Waals surface area contributed by atoms with Crippen molar-refractivity contribution in [2.75, 3.05) is 19.8 Å². The van der Waals surface area contributed by atoms with E-state index in [0.717, 1.165) is 5.70 Å². The summed E-state index contributed by atoms with van der Waals surface area (Å²) in [5.41, 5.74) is 0.745. The fourth-order valence-corrected chi connectivity index (χ4v) is 0.929. The zero-order valence-corrected chi connectivity index (χ0v) is 6.17. The molecule has 0 aliphatic carbocycles. The van der Waals surface area contributed by atoms with E-state index in [2.05, 4.69) is 5.32 Å². The number of rotatable bonds is 1. The van der Waals surface area contributed by atoms with E-state index in [1.807, 2.05) is 0 Å². The second-order valence-corrected chi connectivity index (χ2v) is 2.30. The van der Waals surface area contributed by atoms with Crippen LogP contribution in [0.25, 0.3) is 0 Å². The van der Waals surface area contributed by atoms with Gasteiger partial charge in [0.2, 0.25) is 0 Å². The van der Waals surface area contributed by atoms with Gasteiger partial charge in [0, 0.05) is 24.7 Å². The molecular weight excluding hydrogens is 146 g/mol. The molecule has 0 aromatic rings. The van der Waals surface area contributed by atoms with Crippen LogP contribution >= 0.6 is 0 Å². The van der Waals surface area contributed by atoms with Gasteiger partial charge in [0.05, 0.1) is 13.2 Å². The summed E-state index contributed by atoms with van der Waals surface area (Å²) in [6.07, 6.45) is 1.85. The molecule has 0 unspecified atom stereocenters. The maximum absolute atomic E-state index is 10.2. The lowest BCUT2D eigenvalue weighted by Gasteiger charge is -2.01. The first kappa shape index (κ1) is 8.07. The van der Waals surface area contributed by atoms with E-state index in [1.54, 1.807) is 0 Å². The number of hydrogen-bond donors (Lipinski definition) is 2. The number of carboxylic acids is 1. The van der Waals surface area contributed by atoms with Crippen LogP contribution in [0.1, 0.15) is 6.42 Å². The monoisotopic (exact) mass is 157 g/mol. The van der Waals surface area contributed by atoms with Gasteiger partial charge in [-0.3, -0.25) is 0 Å². The van der Waals surface area contributed by atoms with Gasteiger partial charge in [-0.05, 0) is 0 Å². The SMILES string of the molecule is O=C(O)C=C1CCOCCN1. The molecule has 0 spiro atoms. The van der Waals surface area contributed by atoms with Crippen LogP contribution < -0.4 is 5.32 Å². The molecule has 2 N–H and O–H groups in total. The fourth-order valence-electron chi connectivity index (χ4n) is 0.929. The van der Waals surface area contributed by atoms with Crippen molar-refractivity contribution in [2.24, 2.45) is 0 Å². The number of carbonyl (C=O) groups is 1. The van der Waals surface area contributed by atoms with Crippen molar-refractivity contribution in [3.8, 4) is 0 Å². The van der Waals surface area contributed by atoms with E-state index >= 15 is 0 Å². The third-order valence-electron chi connectivity index (χ3n) is 1.41. The van der Waals surface area contributed by atoms with Crippen molar-refractivity contribution in [3.05, 3.63) is 11.8 Å². The van der Waals surface area contributed by atoms with E-state index in [4.69, 9.17) is 9.84 Å². The molecule has 1 heterocycles. The lowest BCUT2D eigenvalue weighted by molar-refractivity contribution is -0.131. The first-order chi connectivity index (χ1) is 5.29. The normalized spacial score (nSPS) is 22.4. The van der Waals surface area contributed by atoms with E-state index in [0.29, 0.717) is 26.2 Å². The largest absolute Gasteiger partial charge is 0.478 e. The maximum atomic E-state index is 10.2. The Morgan fingerprint density at radius 2 is 2.45 bits per heavy atom. The molecule has 1 aliphatic heterocycles. The lowest BCUT2D eigenvalue weighted by Crippen LogP contribution is -2.15. The minimum Gasteiger partial charge on any atom is -0.478 e. The van der Waals surface area contributed by atoms with Gasteiger partial charge < -0.3 is 15.2 Å². The Bertz CT molecular complexity index is 167. The molecular formula is C7H11NO3. The highest BCUT2D eigenvalue weighted by atomic mass is 16.5. The quantitative estimate of drug-likeness (QED) is 0.524. The zero-order chi connectivity index (χ0) is 8.10. The first-order valence-corrected chi connectivity index (χ1v) is 3.54. The first-order valence-electron chi connectivity index (χ1n) is 3.54. The maximum Gasteiger partial charge on any atom is 0.330 e. The Labute approximate surface area is 64.9 Å². The van der Waals surface area contributed by atoms with Crippen molar-refractivity contribution in [1.82, 2.24) is 5.32 Å². The summed E-state index contributed by atoms with van der Waals surface area (Å²) in [4.78, 5) is 10.2. The Balaban J connectivity index is 2.48. The van der Waals surface area contributed by atoms with Crippen LogP contribution in [-0.2, 0) is 9.53 Å². The number of aliphatic carboxylic acids is 1. The van der Waals surface area contributed by atoms with Crippen LogP contribution in [0.5, 0.6) is 0 Å². The van der Waals surface area contributed by atoms with E-state index in [-0.39, 0.29) is 0 Å². The van der Waals surface area contributed by atoms with Crippen LogP contribution in [0.2, 0.25) is 0 Å². The van der Waals surface area contributed by atoms with Crippen molar-refractivity contribution >= 4 is 5.97 Å². The average Bonchev–Trinajstić information content (AvgIpc) is 2.14. The van der Waals surface area contributed by atoms with Gasteiger partial charge in [-0.2, -0.15) is 0 Å². The number of ether oxygens (including phenoxy) is 1. The van der Waals surface area contributed by atoms with Crippen LogP contribution in [0.15, 0.2) is 11.8 Å². The number of nitrogens with one attached hydrogen (secondary N) is 1. The van der Waals surface area contributed by atoms with Gasteiger partial charge in [0.15, 0.2) is 0 Å². The molecule has 0 saturated carbocycles. The number of carboxylic acid groups (broad SMARTS) is 1. The second-order valence-electron chi connectivity index (χ2n) is 2.30. The predicted molar refractivity (Wildman–Crippen MR) is 39.2 cm³/mol. The van der Waals surface area contributed by atoms with Gasteiger partial charge in [-0.25, -0.2) is 4.79 Å². The van der Waals surface area contributed by atoms with Crippen LogP contribution in [0.4, 0.5) is 0 Å². The molecule has 1 aliphatic rings. The molecule has 11 heavy (non-hydrogen) atoms. The number of hydrogen-bond acceptors (Lipinski definition) is 3. The van der Waals surface area contributed by atoms with Crippen molar-refractivity contribution in [3.63, 3.8) is 0 Å². The molecule has 4 heteroatoms. The Kier molecular flexibility index (Phi) is 2.92. The molecule has 0 atom stereocenters. The molecule has 1 saturated heterocycles. The highest BCUT2D eigenvalue weighted by molar-refractivity contribution is 5.80. The summed E-state index contributed by atoms with van der Waals surface area (Å²) in [6, 6.07) is 0. The van der Waals surface area contributed by atoms with Crippen LogP contribution in [0.3, 0.4) is 0 Å². The van der Waals surface area contributed by atoms with Gasteiger partial charge >= 0.3 is 5.97 Å². The van der Waals surface area contributed by atoms with Crippen LogP contribution in [0, 0.1) is 0 Å². The highest BCUT2D eigenvalue weighted by Gasteiger charge is 2.03. The molecule has 0 bridgehead atoms. The summed E-state index contributed by atoms with van der Waals surface area (Å²) in [5, 5.41) is 11.4. The zero-order valence-electron chi connectivity index (χ0n) is 6.17. The Morgan fingerprint density at radius 1 is 1.64 bits per heavy atom. The van der Waals surface area contributed by atoms with E-state index < -0.39 is 5.97 Å². The van der Waals surface area contributed by atoms with Crippen LogP contribution in [-0.4, -0.2) is 30.8 Å². The van der Waals surface area contributed by atoms with Gasteiger partial charge in [-0.1, -0.05) is 0 Å². The van der Waals surface area contributed by atoms with Gasteiger partial charge in [-0.15, -0.1) is 0 Å². The summed E-state index contributed by atoms with van der Waals surface area (Å²) in [7, 11) is 0. The third-order valence-corrected chi connectivity index (χ3v) is 1.41. The van der Waals surface area contributed by atoms with E-state index in [9.17, 15) is 4.79 Å². The molecule has 1 fully saturated rings. The summed E-state index contributed by atoms with van der Waals surface area (Å²) in [6.45, 7) is 1.95. The molecule has 4 nitrogen and oxygen atoms in total. The lowest BCUT2D eigenvalue weighted by atomic mass is 10.3. The molecule has 0 aromatic heterocycles. The topological polar surface area (TPSA) is 58.6 Å². The van der Waals surface area contributed by atoms with Crippen molar-refractivity contribution in [1.29, 1.82) is 0 Å². The molecule has 62 valence electrons. The summed E-state index contributed by atoms with van der Waals surface area (Å²) < 4.78 is 5.11. The summed E-state index contributed by atoms with van der Waals surface area (Å²) in [5.74, 6) is -0.908. The average molecular weight is 157 g/mol. The van der Waals surface area contributed by atoms with Gasteiger partial charge in [0.1, 0.15) is 0 Å². The van der Waals surface area contributed by atoms with Crippen molar-refractivity contribution in [2.45, 2.75) is 6.42 Å². The fraction of sp³-hybridized carbons (Fsp3) is 0.571. The second kappa shape index (κ2) is 3.98. The molecule has 0 aromatic carbocycles. The standard InChI is InChI=1S/C7H11NO3/c9-7(10)5-6-1-3-11-4-2-8-6/h5,8H,1-4H2,(H,9,10). The Hall–Kier alpha value is -1.03. The molecule has 0 radical (unpaired) electrons. The third kappa shape index (κ3) is 3.04. The minimum atomic E-state index is -0.908. The molecule has 0 amide bonds.